The van der Waals surface area contributed by atoms with Crippen LogP contribution in [0.2, 0.25) is 0 Å². The normalized spacial score (nSPS) is 18.6. The first-order valence-electron chi connectivity index (χ1n) is 17.8. The fourth-order valence-corrected chi connectivity index (χ4v) is 7.77. The van der Waals surface area contributed by atoms with Gasteiger partial charge in [-0.3, -0.25) is 19.4 Å². The van der Waals surface area contributed by atoms with Crippen LogP contribution in [-0.2, 0) is 37.8 Å². The van der Waals surface area contributed by atoms with Gasteiger partial charge in [-0.2, -0.15) is 0 Å². The van der Waals surface area contributed by atoms with Crippen LogP contribution in [0, 0.1) is 5.41 Å². The zero-order valence-electron chi connectivity index (χ0n) is 29.8. The van der Waals surface area contributed by atoms with E-state index in [0.29, 0.717) is 58.8 Å². The summed E-state index contributed by atoms with van der Waals surface area (Å²) >= 11 is 0. The monoisotopic (exact) mass is 680 g/mol. The van der Waals surface area contributed by atoms with Gasteiger partial charge in [-0.05, 0) is 59.7 Å². The van der Waals surface area contributed by atoms with Crippen LogP contribution >= 0.6 is 0 Å². The summed E-state index contributed by atoms with van der Waals surface area (Å²) in [6.07, 6.45) is 7.17. The van der Waals surface area contributed by atoms with E-state index in [-0.39, 0.29) is 23.5 Å². The Morgan fingerprint density at radius 1 is 0.980 bits per heavy atom. The van der Waals surface area contributed by atoms with Crippen molar-refractivity contribution in [3.8, 4) is 11.1 Å². The second kappa shape index (κ2) is 13.7. The summed E-state index contributed by atoms with van der Waals surface area (Å²) in [5.41, 5.74) is 6.56. The maximum atomic E-state index is 13.8. The van der Waals surface area contributed by atoms with Crippen LogP contribution in [0.3, 0.4) is 0 Å². The molecule has 4 aliphatic rings. The van der Waals surface area contributed by atoms with Gasteiger partial charge < -0.3 is 29.2 Å². The number of ether oxygens (including phenoxy) is 1. The molecule has 0 spiro atoms. The Morgan fingerprint density at radius 3 is 2.44 bits per heavy atom. The number of pyridine rings is 3. The molecular formula is C38H48N8O4. The standard InChI is InChI=1S/C36H42N8O4.C2H6/c1-36(2)16-23-15-30-35(47)44(13-12-43(30)31(23)17-36)33-28(20-45)27(6-7-37-33)24-14-29(34(46)40(3)19-24)39-32-5-4-25(18-38-32)41-8-10-42(11-9-41)26-21-48-22-26;1-2/h4-7,14-15,18-19,26,45H,8-13,16-17,20-22H2,1-3H3,(H,38,39);1-2H3. The van der Waals surface area contributed by atoms with E-state index in [1.165, 1.54) is 15.8 Å². The van der Waals surface area contributed by atoms with Crippen molar-refractivity contribution in [3.05, 3.63) is 81.8 Å². The lowest BCUT2D eigenvalue weighted by atomic mass is 9.90. The highest BCUT2D eigenvalue weighted by Crippen LogP contribution is 2.40. The van der Waals surface area contributed by atoms with Gasteiger partial charge in [0, 0.05) is 75.5 Å². The lowest BCUT2D eigenvalue weighted by molar-refractivity contribution is -0.0660. The molecule has 264 valence electrons. The molecule has 1 amide bonds. The number of amides is 1. The molecule has 0 saturated carbocycles. The SMILES string of the molecule is CC.Cn1cc(-c2ccnc(N3CCn4c(cc5c4CC(C)(C)C5)C3=O)c2CO)cc(Nc2ccc(N3CCN(C4COC4)CC3)cn2)c1=O. The third-order valence-electron chi connectivity index (χ3n) is 10.4. The molecule has 0 aromatic carbocycles. The van der Waals surface area contributed by atoms with Crippen molar-refractivity contribution in [3.63, 3.8) is 0 Å². The van der Waals surface area contributed by atoms with Crippen LogP contribution in [0.15, 0.2) is 53.7 Å². The number of nitrogens with one attached hydrogen (secondary N) is 1. The van der Waals surface area contributed by atoms with Crippen molar-refractivity contribution in [2.75, 3.05) is 61.1 Å². The zero-order chi connectivity index (χ0) is 35.2. The summed E-state index contributed by atoms with van der Waals surface area (Å²) in [6, 6.07) is 10.1. The maximum Gasteiger partial charge on any atom is 0.276 e. The van der Waals surface area contributed by atoms with E-state index in [1.54, 1.807) is 30.4 Å². The molecule has 4 aromatic rings. The lowest BCUT2D eigenvalue weighted by Gasteiger charge is -2.43. The first-order valence-corrected chi connectivity index (χ1v) is 17.8. The molecule has 1 aliphatic carbocycles. The zero-order valence-corrected chi connectivity index (χ0v) is 29.8. The molecule has 12 nitrogen and oxygen atoms in total. The molecule has 12 heteroatoms. The van der Waals surface area contributed by atoms with Gasteiger partial charge in [-0.15, -0.1) is 0 Å². The van der Waals surface area contributed by atoms with Gasteiger partial charge in [0.1, 0.15) is 23.0 Å². The van der Waals surface area contributed by atoms with Crippen LogP contribution in [0.5, 0.6) is 0 Å². The lowest BCUT2D eigenvalue weighted by Crippen LogP contribution is -2.56. The van der Waals surface area contributed by atoms with Gasteiger partial charge in [0.2, 0.25) is 0 Å². The van der Waals surface area contributed by atoms with Gasteiger partial charge in [0.15, 0.2) is 0 Å². The van der Waals surface area contributed by atoms with Crippen LogP contribution in [0.4, 0.5) is 23.0 Å². The van der Waals surface area contributed by atoms with E-state index >= 15 is 0 Å². The number of carbonyl (C=O) groups is 1. The van der Waals surface area contributed by atoms with Crippen molar-refractivity contribution in [1.82, 2.24) is 24.0 Å². The first-order chi connectivity index (χ1) is 24.2. The van der Waals surface area contributed by atoms with Crippen molar-refractivity contribution in [2.24, 2.45) is 12.5 Å². The van der Waals surface area contributed by atoms with Crippen molar-refractivity contribution >= 4 is 28.9 Å². The summed E-state index contributed by atoms with van der Waals surface area (Å²) in [4.78, 5) is 42.8. The predicted molar refractivity (Wildman–Crippen MR) is 195 cm³/mol. The molecular weight excluding hydrogens is 632 g/mol. The van der Waals surface area contributed by atoms with Gasteiger partial charge in [0.25, 0.3) is 11.5 Å². The van der Waals surface area contributed by atoms with E-state index in [0.717, 1.165) is 57.9 Å². The number of aryl methyl sites for hydroxylation is 1. The van der Waals surface area contributed by atoms with Crippen molar-refractivity contribution < 1.29 is 14.6 Å². The first kappa shape index (κ1) is 34.0. The number of aromatic nitrogens is 4. The van der Waals surface area contributed by atoms with Crippen LogP contribution in [-0.4, -0.2) is 87.0 Å². The molecule has 0 radical (unpaired) electrons. The summed E-state index contributed by atoms with van der Waals surface area (Å²) in [7, 11) is 1.70. The number of aliphatic hydroxyl groups excluding tert-OH is 1. The largest absolute Gasteiger partial charge is 0.392 e. The highest BCUT2D eigenvalue weighted by atomic mass is 16.5. The number of piperazine rings is 1. The average Bonchev–Trinajstić information content (AvgIpc) is 3.59. The number of rotatable bonds is 7. The number of nitrogens with zero attached hydrogens (tertiary/aromatic N) is 7. The second-order valence-electron chi connectivity index (χ2n) is 14.2. The highest BCUT2D eigenvalue weighted by molar-refractivity contribution is 6.06. The molecule has 2 fully saturated rings. The predicted octanol–water partition coefficient (Wildman–Crippen LogP) is 4.21. The van der Waals surface area contributed by atoms with Gasteiger partial charge >= 0.3 is 0 Å². The van der Waals surface area contributed by atoms with Crippen LogP contribution < -0.4 is 20.7 Å². The molecule has 2 saturated heterocycles. The molecule has 50 heavy (non-hydrogen) atoms. The van der Waals surface area contributed by atoms with Crippen LogP contribution in [0.25, 0.3) is 11.1 Å². The molecule has 8 rings (SSSR count). The third kappa shape index (κ3) is 6.20. The molecule has 0 bridgehead atoms. The summed E-state index contributed by atoms with van der Waals surface area (Å²) in [6.45, 7) is 14.9. The fourth-order valence-electron chi connectivity index (χ4n) is 7.77. The smallest absolute Gasteiger partial charge is 0.276 e. The van der Waals surface area contributed by atoms with E-state index in [9.17, 15) is 14.7 Å². The summed E-state index contributed by atoms with van der Waals surface area (Å²) in [5, 5.41) is 13.9. The summed E-state index contributed by atoms with van der Waals surface area (Å²) < 4.78 is 9.04. The Labute approximate surface area is 293 Å². The fraction of sp³-hybridized carbons (Fsp3) is 0.474. The van der Waals surface area contributed by atoms with E-state index in [2.05, 4.69) is 43.5 Å². The van der Waals surface area contributed by atoms with E-state index in [1.807, 2.05) is 44.3 Å². The quantitative estimate of drug-likeness (QED) is 0.296. The number of hydrogen-bond acceptors (Lipinski definition) is 9. The van der Waals surface area contributed by atoms with E-state index in [4.69, 9.17) is 4.74 Å². The number of anilines is 4. The number of hydrogen-bond donors (Lipinski definition) is 2. The Balaban J connectivity index is 0.00000193. The Bertz CT molecular complexity index is 1940. The average molecular weight is 681 g/mol. The number of fused-ring (bicyclic) bond motifs is 3. The molecule has 0 unspecified atom stereocenters. The minimum Gasteiger partial charge on any atom is -0.392 e. The highest BCUT2D eigenvalue weighted by Gasteiger charge is 2.37. The Kier molecular flexibility index (Phi) is 9.27. The molecule has 2 N–H and O–H groups in total. The topological polar surface area (TPSA) is 121 Å². The summed E-state index contributed by atoms with van der Waals surface area (Å²) in [5.74, 6) is 0.892. The van der Waals surface area contributed by atoms with E-state index < -0.39 is 0 Å². The Hall–Kier alpha value is -4.52. The van der Waals surface area contributed by atoms with Crippen molar-refractivity contribution in [1.29, 1.82) is 0 Å². The Morgan fingerprint density at radius 2 is 1.76 bits per heavy atom. The molecule has 3 aliphatic heterocycles. The maximum absolute atomic E-state index is 13.8. The minimum atomic E-state index is -0.314. The minimum absolute atomic E-state index is 0.111. The number of carbonyl (C=O) groups excluding carboxylic acids is 1. The third-order valence-corrected chi connectivity index (χ3v) is 10.4. The van der Waals surface area contributed by atoms with Crippen molar-refractivity contribution in [2.45, 2.75) is 59.7 Å². The second-order valence-corrected chi connectivity index (χ2v) is 14.2. The number of aliphatic hydroxyl groups is 1. The molecule has 0 atom stereocenters. The molecule has 4 aromatic heterocycles. The van der Waals surface area contributed by atoms with Crippen LogP contribution in [0.1, 0.15) is 55.0 Å². The molecule has 7 heterocycles. The van der Waals surface area contributed by atoms with Gasteiger partial charge in [-0.1, -0.05) is 27.7 Å². The van der Waals surface area contributed by atoms with Gasteiger partial charge in [0.05, 0.1) is 37.7 Å². The van der Waals surface area contributed by atoms with Gasteiger partial charge in [-0.25, -0.2) is 9.97 Å².